The van der Waals surface area contributed by atoms with Gasteiger partial charge in [-0.05, 0) is 70.7 Å². The Morgan fingerprint density at radius 3 is 2.76 bits per heavy atom. The molecule has 0 aliphatic carbocycles. The van der Waals surface area contributed by atoms with Gasteiger partial charge in [-0.25, -0.2) is 0 Å². The molecule has 1 unspecified atom stereocenters. The standard InChI is InChI=1S/C20H22BrNO3/c1-23-18-6-4-14(11-16(18)21)13-22-8-2-3-17(22)15-5-7-19-20(12-15)25-10-9-24-19/h4-7,11-12,17H,2-3,8-10,13H2,1H3. The lowest BCUT2D eigenvalue weighted by Crippen LogP contribution is -2.23. The van der Waals surface area contributed by atoms with Crippen molar-refractivity contribution in [2.75, 3.05) is 26.9 Å². The highest BCUT2D eigenvalue weighted by Gasteiger charge is 2.27. The predicted octanol–water partition coefficient (Wildman–Crippen LogP) is 4.57. The Labute approximate surface area is 156 Å². The van der Waals surface area contributed by atoms with Crippen molar-refractivity contribution in [2.24, 2.45) is 0 Å². The van der Waals surface area contributed by atoms with Gasteiger partial charge in [-0.15, -0.1) is 0 Å². The van der Waals surface area contributed by atoms with Crippen molar-refractivity contribution in [3.63, 3.8) is 0 Å². The molecule has 0 saturated carbocycles. The molecule has 2 aromatic rings. The van der Waals surface area contributed by atoms with E-state index in [1.54, 1.807) is 7.11 Å². The van der Waals surface area contributed by atoms with Gasteiger partial charge in [0.15, 0.2) is 11.5 Å². The summed E-state index contributed by atoms with van der Waals surface area (Å²) in [4.78, 5) is 2.54. The first kappa shape index (κ1) is 16.7. The van der Waals surface area contributed by atoms with Crippen LogP contribution in [-0.4, -0.2) is 31.8 Å². The summed E-state index contributed by atoms with van der Waals surface area (Å²) in [5.74, 6) is 2.61. The minimum Gasteiger partial charge on any atom is -0.496 e. The van der Waals surface area contributed by atoms with E-state index in [1.807, 2.05) is 12.1 Å². The first-order valence-electron chi connectivity index (χ1n) is 8.70. The van der Waals surface area contributed by atoms with Crippen molar-refractivity contribution in [1.29, 1.82) is 0 Å². The fourth-order valence-corrected chi connectivity index (χ4v) is 4.29. The van der Waals surface area contributed by atoms with E-state index >= 15 is 0 Å². The van der Waals surface area contributed by atoms with Gasteiger partial charge in [-0.1, -0.05) is 12.1 Å². The van der Waals surface area contributed by atoms with E-state index in [0.717, 1.165) is 34.8 Å². The lowest BCUT2D eigenvalue weighted by atomic mass is 10.0. The zero-order valence-electron chi connectivity index (χ0n) is 14.3. The third-order valence-electron chi connectivity index (χ3n) is 4.92. The first-order valence-corrected chi connectivity index (χ1v) is 9.50. The van der Waals surface area contributed by atoms with Crippen molar-refractivity contribution in [1.82, 2.24) is 4.90 Å². The summed E-state index contributed by atoms with van der Waals surface area (Å²) in [6.07, 6.45) is 2.40. The molecule has 2 aliphatic rings. The average Bonchev–Trinajstić information content (AvgIpc) is 3.09. The van der Waals surface area contributed by atoms with Crippen molar-refractivity contribution >= 4 is 15.9 Å². The molecule has 132 valence electrons. The molecule has 2 aromatic carbocycles. The molecule has 0 aromatic heterocycles. The molecular formula is C20H22BrNO3. The van der Waals surface area contributed by atoms with Crippen molar-refractivity contribution in [3.05, 3.63) is 52.0 Å². The SMILES string of the molecule is COc1ccc(CN2CCCC2c2ccc3c(c2)OCCO3)cc1Br. The maximum atomic E-state index is 5.75. The Morgan fingerprint density at radius 1 is 1.12 bits per heavy atom. The number of hydrogen-bond acceptors (Lipinski definition) is 4. The smallest absolute Gasteiger partial charge is 0.161 e. The molecule has 0 N–H and O–H groups in total. The van der Waals surface area contributed by atoms with Crippen molar-refractivity contribution < 1.29 is 14.2 Å². The third-order valence-corrected chi connectivity index (χ3v) is 5.54. The van der Waals surface area contributed by atoms with Crippen LogP contribution in [0.4, 0.5) is 0 Å². The van der Waals surface area contributed by atoms with Crippen LogP contribution in [0.25, 0.3) is 0 Å². The summed E-state index contributed by atoms with van der Waals surface area (Å²) < 4.78 is 17.7. The first-order chi connectivity index (χ1) is 12.2. The normalized spacial score (nSPS) is 19.8. The number of nitrogens with zero attached hydrogens (tertiary/aromatic N) is 1. The van der Waals surface area contributed by atoms with E-state index in [2.05, 4.69) is 45.1 Å². The van der Waals surface area contributed by atoms with Crippen molar-refractivity contribution in [3.8, 4) is 17.2 Å². The number of benzene rings is 2. The Bertz CT molecular complexity index is 765. The van der Waals surface area contributed by atoms with E-state index in [9.17, 15) is 0 Å². The molecule has 1 atom stereocenters. The Morgan fingerprint density at radius 2 is 1.96 bits per heavy atom. The predicted molar refractivity (Wildman–Crippen MR) is 101 cm³/mol. The zero-order valence-corrected chi connectivity index (χ0v) is 15.9. The highest BCUT2D eigenvalue weighted by molar-refractivity contribution is 9.10. The monoisotopic (exact) mass is 403 g/mol. The Balaban J connectivity index is 1.53. The molecule has 25 heavy (non-hydrogen) atoms. The molecule has 4 nitrogen and oxygen atoms in total. The lowest BCUT2D eigenvalue weighted by Gasteiger charge is -2.26. The Kier molecular flexibility index (Phi) is 4.86. The molecule has 5 heteroatoms. The van der Waals surface area contributed by atoms with E-state index in [-0.39, 0.29) is 0 Å². The van der Waals surface area contributed by atoms with Crippen molar-refractivity contribution in [2.45, 2.75) is 25.4 Å². The van der Waals surface area contributed by atoms with E-state index in [1.165, 1.54) is 24.0 Å². The van der Waals surface area contributed by atoms with Gasteiger partial charge in [0.05, 0.1) is 11.6 Å². The van der Waals surface area contributed by atoms with Crippen LogP contribution in [0.1, 0.15) is 30.0 Å². The van der Waals surface area contributed by atoms with Crippen LogP contribution in [0.5, 0.6) is 17.2 Å². The lowest BCUT2D eigenvalue weighted by molar-refractivity contribution is 0.170. The fraction of sp³-hybridized carbons (Fsp3) is 0.400. The summed E-state index contributed by atoms with van der Waals surface area (Å²) in [5, 5.41) is 0. The second-order valence-electron chi connectivity index (χ2n) is 6.50. The summed E-state index contributed by atoms with van der Waals surface area (Å²) in [5.41, 5.74) is 2.60. The minimum atomic E-state index is 0.428. The molecule has 0 amide bonds. The van der Waals surface area contributed by atoms with Gasteiger partial charge in [-0.2, -0.15) is 0 Å². The molecule has 1 saturated heterocycles. The van der Waals surface area contributed by atoms with Gasteiger partial charge in [0.1, 0.15) is 19.0 Å². The molecule has 0 bridgehead atoms. The number of halogens is 1. The fourth-order valence-electron chi connectivity index (χ4n) is 3.70. The van der Waals surface area contributed by atoms with E-state index < -0.39 is 0 Å². The van der Waals surface area contributed by atoms with E-state index in [0.29, 0.717) is 19.3 Å². The summed E-state index contributed by atoms with van der Waals surface area (Å²) in [7, 11) is 1.69. The van der Waals surface area contributed by atoms with Crippen LogP contribution in [0.3, 0.4) is 0 Å². The zero-order chi connectivity index (χ0) is 17.2. The molecule has 0 radical (unpaired) electrons. The molecule has 1 fully saturated rings. The number of ether oxygens (including phenoxy) is 3. The van der Waals surface area contributed by atoms with Gasteiger partial charge in [0.2, 0.25) is 0 Å². The quantitative estimate of drug-likeness (QED) is 0.748. The summed E-state index contributed by atoms with van der Waals surface area (Å²) >= 11 is 3.58. The summed E-state index contributed by atoms with van der Waals surface area (Å²) in [6.45, 7) is 3.31. The molecule has 2 heterocycles. The van der Waals surface area contributed by atoms with E-state index in [4.69, 9.17) is 14.2 Å². The molecule has 2 aliphatic heterocycles. The highest BCUT2D eigenvalue weighted by Crippen LogP contribution is 2.39. The number of hydrogen-bond donors (Lipinski definition) is 0. The van der Waals surface area contributed by atoms with Crippen LogP contribution in [0, 0.1) is 0 Å². The summed E-state index contributed by atoms with van der Waals surface area (Å²) in [6, 6.07) is 13.1. The number of fused-ring (bicyclic) bond motifs is 1. The second kappa shape index (κ2) is 7.26. The number of likely N-dealkylation sites (tertiary alicyclic amines) is 1. The van der Waals surface area contributed by atoms with Gasteiger partial charge in [-0.3, -0.25) is 4.90 Å². The van der Waals surface area contributed by atoms with Crippen LogP contribution >= 0.6 is 15.9 Å². The second-order valence-corrected chi connectivity index (χ2v) is 7.35. The van der Waals surface area contributed by atoms with Gasteiger partial charge < -0.3 is 14.2 Å². The molecular weight excluding hydrogens is 382 g/mol. The van der Waals surface area contributed by atoms with Crippen LogP contribution in [-0.2, 0) is 6.54 Å². The third kappa shape index (κ3) is 3.48. The molecule has 0 spiro atoms. The van der Waals surface area contributed by atoms with Crippen LogP contribution in [0.2, 0.25) is 0 Å². The number of rotatable bonds is 4. The van der Waals surface area contributed by atoms with Gasteiger partial charge in [0, 0.05) is 12.6 Å². The Hall–Kier alpha value is -1.72. The average molecular weight is 404 g/mol. The molecule has 4 rings (SSSR count). The topological polar surface area (TPSA) is 30.9 Å². The van der Waals surface area contributed by atoms with Crippen LogP contribution < -0.4 is 14.2 Å². The maximum absolute atomic E-state index is 5.75. The van der Waals surface area contributed by atoms with Crippen LogP contribution in [0.15, 0.2) is 40.9 Å². The van der Waals surface area contributed by atoms with Gasteiger partial charge >= 0.3 is 0 Å². The van der Waals surface area contributed by atoms with Gasteiger partial charge in [0.25, 0.3) is 0 Å². The minimum absolute atomic E-state index is 0.428. The number of methoxy groups -OCH3 is 1. The maximum Gasteiger partial charge on any atom is 0.161 e. The highest BCUT2D eigenvalue weighted by atomic mass is 79.9. The largest absolute Gasteiger partial charge is 0.496 e.